The average Bonchev–Trinajstić information content (AvgIpc) is 2.39. The van der Waals surface area contributed by atoms with Gasteiger partial charge in [-0.15, -0.1) is 0 Å². The van der Waals surface area contributed by atoms with Crippen LogP contribution in [-0.2, 0) is 14.3 Å². The zero-order valence-electron chi connectivity index (χ0n) is 14.2. The van der Waals surface area contributed by atoms with Gasteiger partial charge in [-0.25, -0.2) is 4.79 Å². The summed E-state index contributed by atoms with van der Waals surface area (Å²) in [5, 5.41) is 9.14. The van der Waals surface area contributed by atoms with Crippen LogP contribution in [0.15, 0.2) is 0 Å². The van der Waals surface area contributed by atoms with Crippen LogP contribution in [0.5, 0.6) is 0 Å². The summed E-state index contributed by atoms with van der Waals surface area (Å²) in [6.07, 6.45) is -0.0166. The summed E-state index contributed by atoms with van der Waals surface area (Å²) in [7, 11) is 1.56. The monoisotopic (exact) mass is 316 g/mol. The summed E-state index contributed by atoms with van der Waals surface area (Å²) in [4.78, 5) is 27.8. The summed E-state index contributed by atoms with van der Waals surface area (Å²) >= 11 is 0. The lowest BCUT2D eigenvalue weighted by Crippen LogP contribution is -2.61. The summed E-state index contributed by atoms with van der Waals surface area (Å²) in [5.41, 5.74) is -0.591. The minimum Gasteiger partial charge on any atom is -0.444 e. The van der Waals surface area contributed by atoms with Crippen molar-refractivity contribution in [2.75, 3.05) is 33.4 Å². The van der Waals surface area contributed by atoms with E-state index in [0.29, 0.717) is 26.1 Å². The Morgan fingerprint density at radius 2 is 2.05 bits per heavy atom. The van der Waals surface area contributed by atoms with E-state index in [2.05, 4.69) is 0 Å². The van der Waals surface area contributed by atoms with E-state index < -0.39 is 17.7 Å². The number of methoxy groups -OCH3 is 1. The molecular formula is C15H28N2O5. The number of amides is 2. The number of ether oxygens (including phenoxy) is 2. The van der Waals surface area contributed by atoms with Crippen molar-refractivity contribution < 1.29 is 24.2 Å². The molecule has 0 spiro atoms. The van der Waals surface area contributed by atoms with E-state index in [1.54, 1.807) is 39.7 Å². The first-order valence-electron chi connectivity index (χ1n) is 7.61. The lowest BCUT2D eigenvalue weighted by atomic mass is 10.1. The highest BCUT2D eigenvalue weighted by Crippen LogP contribution is 2.19. The topological polar surface area (TPSA) is 79.3 Å². The summed E-state index contributed by atoms with van der Waals surface area (Å²) in [6, 6.07) is -0.757. The first kappa shape index (κ1) is 18.7. The maximum atomic E-state index is 12.5. The third-order valence-electron chi connectivity index (χ3n) is 3.58. The van der Waals surface area contributed by atoms with Crippen LogP contribution in [0.4, 0.5) is 4.79 Å². The molecule has 128 valence electrons. The van der Waals surface area contributed by atoms with Crippen molar-refractivity contribution in [3.05, 3.63) is 0 Å². The Labute approximate surface area is 132 Å². The maximum Gasteiger partial charge on any atom is 0.411 e. The number of piperazine rings is 1. The van der Waals surface area contributed by atoms with Crippen molar-refractivity contribution in [2.24, 2.45) is 0 Å². The van der Waals surface area contributed by atoms with Crippen LogP contribution in [0.2, 0.25) is 0 Å². The summed E-state index contributed by atoms with van der Waals surface area (Å²) in [5.74, 6) is -0.146. The van der Waals surface area contributed by atoms with Gasteiger partial charge in [0.05, 0.1) is 12.6 Å². The van der Waals surface area contributed by atoms with Crippen molar-refractivity contribution in [2.45, 2.75) is 51.8 Å². The first-order chi connectivity index (χ1) is 10.2. The minimum absolute atomic E-state index is 0.0119. The van der Waals surface area contributed by atoms with E-state index in [0.717, 1.165) is 0 Å². The third-order valence-corrected chi connectivity index (χ3v) is 3.58. The first-order valence-corrected chi connectivity index (χ1v) is 7.61. The summed E-state index contributed by atoms with van der Waals surface area (Å²) in [6.45, 7) is 8.26. The van der Waals surface area contributed by atoms with Crippen molar-refractivity contribution >= 4 is 12.0 Å². The van der Waals surface area contributed by atoms with Crippen LogP contribution in [0.25, 0.3) is 0 Å². The number of carbonyl (C=O) groups is 2. The second-order valence-electron chi connectivity index (χ2n) is 6.50. The summed E-state index contributed by atoms with van der Waals surface area (Å²) < 4.78 is 10.5. The van der Waals surface area contributed by atoms with Gasteiger partial charge in [-0.1, -0.05) is 0 Å². The van der Waals surface area contributed by atoms with Gasteiger partial charge in [0.25, 0.3) is 0 Å². The standard InChI is InChI=1S/C15H28N2O5/c1-11-13(19)17(12(6-9-18)10-21-5)8-7-16(11)14(20)22-15(2,3)4/h11-12,18H,6-10H2,1-5H3/t11-,12+/m1/s1. The molecule has 1 aliphatic rings. The molecule has 0 aromatic rings. The number of hydrogen-bond acceptors (Lipinski definition) is 5. The molecule has 0 radical (unpaired) electrons. The van der Waals surface area contributed by atoms with Gasteiger partial charge < -0.3 is 19.5 Å². The van der Waals surface area contributed by atoms with Crippen LogP contribution in [-0.4, -0.2) is 78.0 Å². The highest BCUT2D eigenvalue weighted by atomic mass is 16.6. The molecule has 0 aromatic carbocycles. The Morgan fingerprint density at radius 1 is 1.41 bits per heavy atom. The van der Waals surface area contributed by atoms with Crippen LogP contribution < -0.4 is 0 Å². The molecule has 7 nitrogen and oxygen atoms in total. The van der Waals surface area contributed by atoms with Crippen LogP contribution >= 0.6 is 0 Å². The third kappa shape index (κ3) is 4.84. The molecule has 0 saturated carbocycles. The zero-order valence-corrected chi connectivity index (χ0v) is 14.2. The molecule has 1 aliphatic heterocycles. The molecule has 0 bridgehead atoms. The molecule has 22 heavy (non-hydrogen) atoms. The van der Waals surface area contributed by atoms with E-state index in [1.165, 1.54) is 4.90 Å². The number of aliphatic hydroxyl groups excluding tert-OH is 1. The second kappa shape index (κ2) is 7.78. The smallest absolute Gasteiger partial charge is 0.411 e. The molecule has 1 rings (SSSR count). The fraction of sp³-hybridized carbons (Fsp3) is 0.867. The van der Waals surface area contributed by atoms with Gasteiger partial charge in [0.2, 0.25) is 5.91 Å². The number of carbonyl (C=O) groups excluding carboxylic acids is 2. The van der Waals surface area contributed by atoms with E-state index in [-0.39, 0.29) is 18.6 Å². The van der Waals surface area contributed by atoms with Crippen LogP contribution in [0, 0.1) is 0 Å². The molecule has 2 amide bonds. The minimum atomic E-state index is -0.591. The number of rotatable bonds is 5. The lowest BCUT2D eigenvalue weighted by molar-refractivity contribution is -0.145. The molecular weight excluding hydrogens is 288 g/mol. The molecule has 1 saturated heterocycles. The normalized spacial score (nSPS) is 21.0. The Bertz CT molecular complexity index is 388. The zero-order chi connectivity index (χ0) is 16.9. The quantitative estimate of drug-likeness (QED) is 0.813. The molecule has 1 N–H and O–H groups in total. The van der Waals surface area contributed by atoms with Crippen molar-refractivity contribution in [3.63, 3.8) is 0 Å². The van der Waals surface area contributed by atoms with Crippen LogP contribution in [0.3, 0.4) is 0 Å². The second-order valence-corrected chi connectivity index (χ2v) is 6.50. The Balaban J connectivity index is 2.75. The molecule has 0 aliphatic carbocycles. The highest BCUT2D eigenvalue weighted by Gasteiger charge is 2.38. The lowest BCUT2D eigenvalue weighted by Gasteiger charge is -2.42. The Kier molecular flexibility index (Phi) is 6.62. The van der Waals surface area contributed by atoms with Gasteiger partial charge in [0, 0.05) is 26.8 Å². The maximum absolute atomic E-state index is 12.5. The molecule has 7 heteroatoms. The molecule has 1 heterocycles. The predicted molar refractivity (Wildman–Crippen MR) is 81.5 cm³/mol. The fourth-order valence-electron chi connectivity index (χ4n) is 2.50. The van der Waals surface area contributed by atoms with Gasteiger partial charge in [0.1, 0.15) is 11.6 Å². The van der Waals surface area contributed by atoms with Gasteiger partial charge in [-0.05, 0) is 34.1 Å². The van der Waals surface area contributed by atoms with Gasteiger partial charge in [0.15, 0.2) is 0 Å². The number of nitrogens with zero attached hydrogens (tertiary/aromatic N) is 2. The van der Waals surface area contributed by atoms with Crippen molar-refractivity contribution in [3.8, 4) is 0 Å². The molecule has 0 unspecified atom stereocenters. The van der Waals surface area contributed by atoms with Crippen LogP contribution in [0.1, 0.15) is 34.1 Å². The van der Waals surface area contributed by atoms with Gasteiger partial charge in [-0.3, -0.25) is 9.69 Å². The van der Waals surface area contributed by atoms with Crippen molar-refractivity contribution in [1.29, 1.82) is 0 Å². The number of hydrogen-bond donors (Lipinski definition) is 1. The molecule has 1 fully saturated rings. The van der Waals surface area contributed by atoms with Gasteiger partial charge in [-0.2, -0.15) is 0 Å². The van der Waals surface area contributed by atoms with Crippen molar-refractivity contribution in [1.82, 2.24) is 9.80 Å². The van der Waals surface area contributed by atoms with E-state index in [9.17, 15) is 9.59 Å². The fourth-order valence-corrected chi connectivity index (χ4v) is 2.50. The van der Waals surface area contributed by atoms with E-state index in [4.69, 9.17) is 14.6 Å². The van der Waals surface area contributed by atoms with E-state index >= 15 is 0 Å². The number of aliphatic hydroxyl groups is 1. The average molecular weight is 316 g/mol. The predicted octanol–water partition coefficient (Wildman–Crippen LogP) is 0.852. The molecule has 0 aromatic heterocycles. The molecule has 2 atom stereocenters. The van der Waals surface area contributed by atoms with E-state index in [1.807, 2.05) is 0 Å². The largest absolute Gasteiger partial charge is 0.444 e. The SMILES string of the molecule is COC[C@H](CCO)N1CCN(C(=O)OC(C)(C)C)[C@H](C)C1=O. The highest BCUT2D eigenvalue weighted by molar-refractivity contribution is 5.86. The Hall–Kier alpha value is -1.34. The Morgan fingerprint density at radius 3 is 2.55 bits per heavy atom. The van der Waals surface area contributed by atoms with Gasteiger partial charge >= 0.3 is 6.09 Å².